The Morgan fingerprint density at radius 3 is 1.80 bits per heavy atom. The van der Waals surface area contributed by atoms with Crippen LogP contribution < -0.4 is 5.84 Å². The number of nitrogens with zero attached hydrogens (tertiary/aromatic N) is 1. The van der Waals surface area contributed by atoms with Crippen molar-refractivity contribution < 1.29 is 0 Å². The van der Waals surface area contributed by atoms with E-state index in [9.17, 15) is 0 Å². The van der Waals surface area contributed by atoms with Crippen LogP contribution >= 0.6 is 0 Å². The Balaban J connectivity index is 3.73. The van der Waals surface area contributed by atoms with E-state index in [1.54, 1.807) is 0 Å². The minimum Gasteiger partial charge on any atom is -0.268 e. The number of nitrogens with two attached hydrogens (primary N) is 1. The molecule has 0 heterocycles. The van der Waals surface area contributed by atoms with E-state index < -0.39 is 0 Å². The highest BCUT2D eigenvalue weighted by Crippen LogP contribution is 2.09. The number of rotatable bonds is 2. The zero-order chi connectivity index (χ0) is 8.36. The topological polar surface area (TPSA) is 29.3 Å². The van der Waals surface area contributed by atoms with Crippen molar-refractivity contribution in [1.29, 1.82) is 0 Å². The Hall–Kier alpha value is -0.0800. The van der Waals surface area contributed by atoms with Crippen molar-refractivity contribution >= 4 is 0 Å². The van der Waals surface area contributed by atoms with Crippen LogP contribution in [0.1, 0.15) is 34.6 Å². The molecule has 0 atom stereocenters. The van der Waals surface area contributed by atoms with Crippen LogP contribution in [0.25, 0.3) is 0 Å². The van der Waals surface area contributed by atoms with Gasteiger partial charge in [-0.3, -0.25) is 5.84 Å². The molecule has 2 nitrogen and oxygen atoms in total. The van der Waals surface area contributed by atoms with Gasteiger partial charge in [0, 0.05) is 12.1 Å². The Morgan fingerprint density at radius 2 is 1.70 bits per heavy atom. The van der Waals surface area contributed by atoms with Gasteiger partial charge in [-0.15, -0.1) is 0 Å². The fourth-order valence-electron chi connectivity index (χ4n) is 0.667. The van der Waals surface area contributed by atoms with E-state index in [1.807, 2.05) is 5.01 Å². The summed E-state index contributed by atoms with van der Waals surface area (Å²) in [7, 11) is 0. The van der Waals surface area contributed by atoms with Crippen LogP contribution in [-0.2, 0) is 0 Å². The molecular weight excluding hydrogens is 124 g/mol. The maximum atomic E-state index is 5.78. The highest BCUT2D eigenvalue weighted by molar-refractivity contribution is 4.71. The summed E-state index contributed by atoms with van der Waals surface area (Å²) in [6.07, 6.45) is 0. The van der Waals surface area contributed by atoms with E-state index in [4.69, 9.17) is 5.84 Å². The SMILES string of the molecule is CC(C)CN(N)C(C)(C)C. The van der Waals surface area contributed by atoms with Crippen molar-refractivity contribution in [1.82, 2.24) is 5.01 Å². The van der Waals surface area contributed by atoms with Gasteiger partial charge >= 0.3 is 0 Å². The molecule has 0 aromatic rings. The Kier molecular flexibility index (Phi) is 3.33. The second-order valence-electron chi connectivity index (χ2n) is 4.22. The number of hydrazine groups is 1. The number of hydrogen-bond donors (Lipinski definition) is 1. The quantitative estimate of drug-likeness (QED) is 0.471. The first-order chi connectivity index (χ1) is 4.34. The lowest BCUT2D eigenvalue weighted by Gasteiger charge is -2.32. The van der Waals surface area contributed by atoms with Gasteiger partial charge in [-0.1, -0.05) is 13.8 Å². The molecule has 0 saturated carbocycles. The summed E-state index contributed by atoms with van der Waals surface area (Å²) in [5.41, 5.74) is 0.101. The molecule has 0 aliphatic carbocycles. The molecule has 0 aromatic carbocycles. The molecule has 0 fully saturated rings. The third-order valence-corrected chi connectivity index (χ3v) is 1.42. The van der Waals surface area contributed by atoms with Crippen molar-refractivity contribution in [3.8, 4) is 0 Å². The average Bonchev–Trinajstić information content (AvgIpc) is 1.60. The van der Waals surface area contributed by atoms with Crippen molar-refractivity contribution in [3.63, 3.8) is 0 Å². The van der Waals surface area contributed by atoms with Gasteiger partial charge < -0.3 is 0 Å². The molecular formula is C8H20N2. The fourth-order valence-corrected chi connectivity index (χ4v) is 0.667. The lowest BCUT2D eigenvalue weighted by Crippen LogP contribution is -2.48. The smallest absolute Gasteiger partial charge is 0.0267 e. The molecule has 2 N–H and O–H groups in total. The molecule has 62 valence electrons. The van der Waals surface area contributed by atoms with Gasteiger partial charge in [0.15, 0.2) is 0 Å². The first-order valence-electron chi connectivity index (χ1n) is 3.86. The predicted molar refractivity (Wildman–Crippen MR) is 45.5 cm³/mol. The zero-order valence-electron chi connectivity index (χ0n) is 7.81. The second kappa shape index (κ2) is 3.35. The number of hydrogen-bond acceptors (Lipinski definition) is 2. The van der Waals surface area contributed by atoms with Gasteiger partial charge in [-0.2, -0.15) is 0 Å². The average molecular weight is 144 g/mol. The van der Waals surface area contributed by atoms with E-state index in [2.05, 4.69) is 34.6 Å². The lowest BCUT2D eigenvalue weighted by molar-refractivity contribution is 0.122. The molecule has 0 amide bonds. The van der Waals surface area contributed by atoms with Crippen molar-refractivity contribution in [3.05, 3.63) is 0 Å². The predicted octanol–water partition coefficient (Wildman–Crippen LogP) is 1.62. The van der Waals surface area contributed by atoms with Gasteiger partial charge in [-0.25, -0.2) is 5.01 Å². The first-order valence-corrected chi connectivity index (χ1v) is 3.86. The fraction of sp³-hybridized carbons (Fsp3) is 1.00. The van der Waals surface area contributed by atoms with Gasteiger partial charge in [0.2, 0.25) is 0 Å². The standard InChI is InChI=1S/C8H20N2/c1-7(2)6-10(9)8(3,4)5/h7H,6,9H2,1-5H3. The molecule has 0 radical (unpaired) electrons. The normalized spacial score (nSPS) is 13.2. The summed E-state index contributed by atoms with van der Waals surface area (Å²) in [6, 6.07) is 0. The monoisotopic (exact) mass is 144 g/mol. The largest absolute Gasteiger partial charge is 0.268 e. The van der Waals surface area contributed by atoms with Crippen molar-refractivity contribution in [2.75, 3.05) is 6.54 Å². The van der Waals surface area contributed by atoms with E-state index in [1.165, 1.54) is 0 Å². The Bertz CT molecular complexity index is 91.9. The van der Waals surface area contributed by atoms with Crippen LogP contribution in [0.15, 0.2) is 0 Å². The van der Waals surface area contributed by atoms with Crippen LogP contribution in [0.2, 0.25) is 0 Å². The van der Waals surface area contributed by atoms with Gasteiger partial charge in [-0.05, 0) is 26.7 Å². The van der Waals surface area contributed by atoms with Crippen LogP contribution in [0.4, 0.5) is 0 Å². The summed E-state index contributed by atoms with van der Waals surface area (Å²) < 4.78 is 0. The van der Waals surface area contributed by atoms with E-state index in [-0.39, 0.29) is 5.54 Å². The molecule has 10 heavy (non-hydrogen) atoms. The highest BCUT2D eigenvalue weighted by Gasteiger charge is 2.17. The molecule has 0 bridgehead atoms. The minimum atomic E-state index is 0.101. The van der Waals surface area contributed by atoms with Crippen LogP contribution in [0.3, 0.4) is 0 Å². The summed E-state index contributed by atoms with van der Waals surface area (Å²) in [5, 5.41) is 1.89. The maximum absolute atomic E-state index is 5.78. The van der Waals surface area contributed by atoms with Crippen molar-refractivity contribution in [2.45, 2.75) is 40.2 Å². The molecule has 0 unspecified atom stereocenters. The second-order valence-corrected chi connectivity index (χ2v) is 4.22. The Morgan fingerprint density at radius 1 is 1.30 bits per heavy atom. The highest BCUT2D eigenvalue weighted by atomic mass is 15.4. The van der Waals surface area contributed by atoms with Crippen molar-refractivity contribution in [2.24, 2.45) is 11.8 Å². The van der Waals surface area contributed by atoms with Crippen LogP contribution in [0, 0.1) is 5.92 Å². The Labute approximate surface area is 64.4 Å². The van der Waals surface area contributed by atoms with Gasteiger partial charge in [0.05, 0.1) is 0 Å². The third kappa shape index (κ3) is 3.85. The molecule has 2 heteroatoms. The molecule has 0 aliphatic heterocycles. The van der Waals surface area contributed by atoms with E-state index in [0.29, 0.717) is 5.92 Å². The molecule has 0 saturated heterocycles. The molecule has 0 spiro atoms. The zero-order valence-corrected chi connectivity index (χ0v) is 7.81. The van der Waals surface area contributed by atoms with Gasteiger partial charge in [0.1, 0.15) is 0 Å². The minimum absolute atomic E-state index is 0.101. The molecule has 0 aliphatic rings. The summed E-state index contributed by atoms with van der Waals surface area (Å²) >= 11 is 0. The van der Waals surface area contributed by atoms with E-state index in [0.717, 1.165) is 6.54 Å². The van der Waals surface area contributed by atoms with Crippen LogP contribution in [-0.4, -0.2) is 17.1 Å². The summed E-state index contributed by atoms with van der Waals surface area (Å²) in [6.45, 7) is 11.7. The lowest BCUT2D eigenvalue weighted by atomic mass is 10.1. The summed E-state index contributed by atoms with van der Waals surface area (Å²) in [4.78, 5) is 0. The third-order valence-electron chi connectivity index (χ3n) is 1.42. The maximum Gasteiger partial charge on any atom is 0.0267 e. The molecule has 0 aromatic heterocycles. The van der Waals surface area contributed by atoms with E-state index >= 15 is 0 Å². The first kappa shape index (κ1) is 9.92. The van der Waals surface area contributed by atoms with Gasteiger partial charge in [0.25, 0.3) is 0 Å². The summed E-state index contributed by atoms with van der Waals surface area (Å²) in [5.74, 6) is 6.43. The van der Waals surface area contributed by atoms with Crippen LogP contribution in [0.5, 0.6) is 0 Å². The molecule has 0 rings (SSSR count).